The van der Waals surface area contributed by atoms with E-state index in [2.05, 4.69) is 31.9 Å². The maximum atomic E-state index is 13.6. The van der Waals surface area contributed by atoms with E-state index >= 15 is 0 Å². The molecular weight excluding hydrogens is 740 g/mol. The largest absolute Gasteiger partial charge is 0.481 e. The Hall–Kier alpha value is -4.89. The molecule has 56 heavy (non-hydrogen) atoms. The topological polar surface area (TPSA) is 359 Å². The lowest BCUT2D eigenvalue weighted by molar-refractivity contribution is -0.142. The first kappa shape index (κ1) is 51.1. The van der Waals surface area contributed by atoms with Crippen molar-refractivity contribution in [1.82, 2.24) is 31.9 Å². The minimum absolute atomic E-state index is 0.0505. The monoisotopic (exact) mass is 802 g/mol. The van der Waals surface area contributed by atoms with Crippen molar-refractivity contribution in [3.63, 3.8) is 0 Å². The third-order valence-electron chi connectivity index (χ3n) is 8.59. The van der Waals surface area contributed by atoms with Crippen LogP contribution >= 0.6 is 0 Å². The third kappa shape index (κ3) is 19.6. The van der Waals surface area contributed by atoms with Gasteiger partial charge in [-0.05, 0) is 56.4 Å². The van der Waals surface area contributed by atoms with Crippen molar-refractivity contribution < 1.29 is 63.6 Å². The van der Waals surface area contributed by atoms with E-state index in [0.29, 0.717) is 19.4 Å². The summed E-state index contributed by atoms with van der Waals surface area (Å²) in [6, 6.07) is -10.2. The first-order chi connectivity index (χ1) is 26.1. The highest BCUT2D eigenvalue weighted by atomic mass is 16.4. The Morgan fingerprint density at radius 3 is 1.39 bits per heavy atom. The van der Waals surface area contributed by atoms with Crippen LogP contribution in [0.1, 0.15) is 92.9 Å². The highest BCUT2D eigenvalue weighted by molar-refractivity contribution is 5.98. The second-order valence-corrected chi connectivity index (χ2v) is 14.5. The van der Waals surface area contributed by atoms with E-state index in [0.717, 1.165) is 0 Å². The molecule has 0 rings (SSSR count). The Kier molecular flexibility index (Phi) is 23.8. The van der Waals surface area contributed by atoms with Gasteiger partial charge in [0.2, 0.25) is 35.4 Å². The van der Waals surface area contributed by atoms with Gasteiger partial charge < -0.3 is 63.8 Å². The van der Waals surface area contributed by atoms with Crippen LogP contribution in [0, 0.1) is 17.8 Å². The molecule has 0 saturated heterocycles. The molecule has 0 bridgehead atoms. The van der Waals surface area contributed by atoms with Crippen molar-refractivity contribution in [3.05, 3.63) is 0 Å². The van der Waals surface area contributed by atoms with E-state index in [1.165, 1.54) is 0 Å². The Morgan fingerprint density at radius 2 is 0.982 bits per heavy atom. The minimum atomic E-state index is -1.78. The lowest BCUT2D eigenvalue weighted by atomic mass is 9.97. The zero-order chi connectivity index (χ0) is 43.3. The molecule has 0 aliphatic heterocycles. The summed E-state index contributed by atoms with van der Waals surface area (Å²) in [7, 11) is 0. The summed E-state index contributed by atoms with van der Waals surface area (Å²) in [6.07, 6.45) is -0.214. The molecule has 0 heterocycles. The number of nitrogens with one attached hydrogen (secondary N) is 6. The molecular formula is C35H62N8O13. The number of carbonyl (C=O) groups excluding carboxylic acids is 6. The standard InChI is InChI=1S/C35H62N8O13/c1-7-19(6)28(43-32(52)24(15-27(47)48)39-29(49)20(37)14-26(45)46)34(54)42-25(16-44)33(53)41-23(13-18(4)5)31(51)40-22(12-17(2)3)30(50)38-21(35(55)56)10-8-9-11-36/h17-25,28,44H,7-16,36-37H2,1-6H3,(H,38,50)(H,39,49)(H,40,51)(H,41,53)(H,42,54)(H,43,52)(H,45,46)(H,47,48)(H,55,56)/t19-,20-,21-,22-,23-,24-,25-,28-/m0/s1. The van der Waals surface area contributed by atoms with Gasteiger partial charge in [0.1, 0.15) is 36.3 Å². The molecule has 21 heteroatoms. The van der Waals surface area contributed by atoms with Crippen molar-refractivity contribution in [2.24, 2.45) is 29.2 Å². The second kappa shape index (κ2) is 26.1. The van der Waals surface area contributed by atoms with Crippen molar-refractivity contribution in [3.8, 4) is 0 Å². The SMILES string of the molecule is CC[C@H](C)[C@H](NC(=O)[C@H](CC(=O)O)NC(=O)[C@@H](N)CC(=O)O)C(=O)N[C@@H](CO)C(=O)N[C@@H](CC(C)C)C(=O)N[C@@H](CC(C)C)C(=O)N[C@@H](CCCCN)C(=O)O. The Bertz CT molecular complexity index is 1360. The van der Waals surface area contributed by atoms with Crippen LogP contribution in [0.5, 0.6) is 0 Å². The van der Waals surface area contributed by atoms with E-state index in [4.69, 9.17) is 16.6 Å². The van der Waals surface area contributed by atoms with Crippen LogP contribution in [-0.4, -0.2) is 129 Å². The van der Waals surface area contributed by atoms with Crippen molar-refractivity contribution >= 4 is 53.4 Å². The smallest absolute Gasteiger partial charge is 0.326 e. The fourth-order valence-corrected chi connectivity index (χ4v) is 5.33. The predicted octanol–water partition coefficient (Wildman–Crippen LogP) is -2.48. The molecule has 0 radical (unpaired) electrons. The van der Waals surface area contributed by atoms with Crippen molar-refractivity contribution in [2.75, 3.05) is 13.2 Å². The van der Waals surface area contributed by atoms with Crippen LogP contribution < -0.4 is 43.4 Å². The van der Waals surface area contributed by atoms with Gasteiger partial charge in [0.25, 0.3) is 0 Å². The first-order valence-electron chi connectivity index (χ1n) is 18.6. The quantitative estimate of drug-likeness (QED) is 0.0364. The highest BCUT2D eigenvalue weighted by Crippen LogP contribution is 2.12. The molecule has 14 N–H and O–H groups in total. The molecule has 0 aliphatic rings. The van der Waals surface area contributed by atoms with Crippen molar-refractivity contribution in [1.29, 1.82) is 0 Å². The molecule has 0 aliphatic carbocycles. The number of aliphatic hydroxyl groups is 1. The summed E-state index contributed by atoms with van der Waals surface area (Å²) >= 11 is 0. The van der Waals surface area contributed by atoms with Gasteiger partial charge in [0.05, 0.1) is 25.5 Å². The maximum Gasteiger partial charge on any atom is 0.326 e. The van der Waals surface area contributed by atoms with E-state index in [9.17, 15) is 58.5 Å². The van der Waals surface area contributed by atoms with Crippen LogP contribution in [-0.2, 0) is 43.2 Å². The minimum Gasteiger partial charge on any atom is -0.481 e. The third-order valence-corrected chi connectivity index (χ3v) is 8.59. The number of carboxylic acid groups (broad SMARTS) is 3. The molecule has 0 aromatic rings. The molecule has 8 atom stereocenters. The van der Waals surface area contributed by atoms with Gasteiger partial charge in [-0.3, -0.25) is 38.4 Å². The van der Waals surface area contributed by atoms with Crippen LogP contribution in [0.15, 0.2) is 0 Å². The number of unbranched alkanes of at least 4 members (excludes halogenated alkanes) is 1. The number of hydrogen-bond donors (Lipinski definition) is 12. The Morgan fingerprint density at radius 1 is 0.554 bits per heavy atom. The normalized spacial score (nSPS) is 15.5. The highest BCUT2D eigenvalue weighted by Gasteiger charge is 2.36. The maximum absolute atomic E-state index is 13.6. The predicted molar refractivity (Wildman–Crippen MR) is 200 cm³/mol. The van der Waals surface area contributed by atoms with Gasteiger partial charge in [0.15, 0.2) is 0 Å². The molecule has 0 aromatic heterocycles. The molecule has 21 nitrogen and oxygen atoms in total. The molecule has 320 valence electrons. The Balaban J connectivity index is 6.14. The van der Waals surface area contributed by atoms with E-state index in [1.807, 2.05) is 0 Å². The van der Waals surface area contributed by atoms with Gasteiger partial charge in [-0.2, -0.15) is 0 Å². The zero-order valence-electron chi connectivity index (χ0n) is 33.0. The fraction of sp³-hybridized carbons (Fsp3) is 0.743. The molecule has 6 amide bonds. The Labute approximate surface area is 326 Å². The van der Waals surface area contributed by atoms with E-state index in [-0.39, 0.29) is 37.5 Å². The van der Waals surface area contributed by atoms with Crippen LogP contribution in [0.3, 0.4) is 0 Å². The number of amides is 6. The summed E-state index contributed by atoms with van der Waals surface area (Å²) in [4.78, 5) is 114. The first-order valence-corrected chi connectivity index (χ1v) is 18.6. The average Bonchev–Trinajstić information content (AvgIpc) is 3.09. The number of carboxylic acids is 3. The van der Waals surface area contributed by atoms with Crippen LogP contribution in [0.25, 0.3) is 0 Å². The van der Waals surface area contributed by atoms with Gasteiger partial charge in [-0.15, -0.1) is 0 Å². The summed E-state index contributed by atoms with van der Waals surface area (Å²) in [5.41, 5.74) is 11.0. The van der Waals surface area contributed by atoms with E-state index < -0.39 is 121 Å². The second-order valence-electron chi connectivity index (χ2n) is 14.5. The number of carbonyl (C=O) groups is 9. The fourth-order valence-electron chi connectivity index (χ4n) is 5.33. The number of aliphatic carboxylic acids is 3. The number of rotatable bonds is 28. The van der Waals surface area contributed by atoms with Gasteiger partial charge in [-0.25, -0.2) is 4.79 Å². The number of aliphatic hydroxyl groups excluding tert-OH is 1. The zero-order valence-corrected chi connectivity index (χ0v) is 33.0. The lowest BCUT2D eigenvalue weighted by Crippen LogP contribution is -2.61. The molecule has 0 aromatic carbocycles. The van der Waals surface area contributed by atoms with Crippen LogP contribution in [0.2, 0.25) is 0 Å². The molecule has 0 unspecified atom stereocenters. The molecule has 0 spiro atoms. The van der Waals surface area contributed by atoms with Crippen molar-refractivity contribution in [2.45, 2.75) is 135 Å². The van der Waals surface area contributed by atoms with Gasteiger partial charge in [0, 0.05) is 0 Å². The van der Waals surface area contributed by atoms with E-state index in [1.54, 1.807) is 41.5 Å². The summed E-state index contributed by atoms with van der Waals surface area (Å²) in [6.45, 7) is 9.70. The number of hydrogen-bond acceptors (Lipinski definition) is 12. The summed E-state index contributed by atoms with van der Waals surface area (Å²) in [5.74, 6) is -10.9. The summed E-state index contributed by atoms with van der Waals surface area (Å²) < 4.78 is 0. The lowest BCUT2D eigenvalue weighted by Gasteiger charge is -2.29. The van der Waals surface area contributed by atoms with Gasteiger partial charge >= 0.3 is 17.9 Å². The molecule has 0 saturated carbocycles. The van der Waals surface area contributed by atoms with Crippen LogP contribution in [0.4, 0.5) is 0 Å². The average molecular weight is 803 g/mol. The summed E-state index contributed by atoms with van der Waals surface area (Å²) in [5, 5.41) is 52.3. The number of nitrogens with two attached hydrogens (primary N) is 2. The van der Waals surface area contributed by atoms with Gasteiger partial charge in [-0.1, -0.05) is 48.0 Å². The molecule has 0 fully saturated rings.